The van der Waals surface area contributed by atoms with Crippen molar-refractivity contribution in [3.63, 3.8) is 0 Å². The summed E-state index contributed by atoms with van der Waals surface area (Å²) in [7, 11) is 0. The molecule has 0 amide bonds. The lowest BCUT2D eigenvalue weighted by molar-refractivity contribution is -0.185. The van der Waals surface area contributed by atoms with Crippen LogP contribution in [0.4, 0.5) is 17.6 Å². The van der Waals surface area contributed by atoms with E-state index in [2.05, 4.69) is 5.10 Å². The van der Waals surface area contributed by atoms with Gasteiger partial charge in [-0.2, -0.15) is 18.3 Å². The van der Waals surface area contributed by atoms with Crippen molar-refractivity contribution in [3.05, 3.63) is 60.0 Å². The van der Waals surface area contributed by atoms with Crippen molar-refractivity contribution in [1.82, 2.24) is 9.78 Å². The largest absolute Gasteiger partial charge is 0.419 e. The van der Waals surface area contributed by atoms with E-state index in [0.717, 1.165) is 16.5 Å². The van der Waals surface area contributed by atoms with Crippen LogP contribution in [0.25, 0.3) is 16.6 Å². The zero-order valence-electron chi connectivity index (χ0n) is 13.1. The van der Waals surface area contributed by atoms with Crippen LogP contribution in [0.2, 0.25) is 0 Å². The summed E-state index contributed by atoms with van der Waals surface area (Å²) in [5.74, 6) is -0.345. The Morgan fingerprint density at radius 1 is 1.12 bits per heavy atom. The SMILES string of the molecule is Fc1ccc(-n2ncc3c(CCC4(C(F)(F)F)CO4)cccc32)cc1. The highest BCUT2D eigenvalue weighted by Gasteiger charge is 2.65. The minimum absolute atomic E-state index is 0.114. The molecule has 0 aliphatic carbocycles. The second kappa shape index (κ2) is 5.56. The molecule has 1 aromatic heterocycles. The second-order valence-corrected chi connectivity index (χ2v) is 6.16. The zero-order chi connectivity index (χ0) is 17.7. The van der Waals surface area contributed by atoms with Gasteiger partial charge in [-0.15, -0.1) is 0 Å². The minimum atomic E-state index is -4.35. The highest BCUT2D eigenvalue weighted by atomic mass is 19.4. The smallest absolute Gasteiger partial charge is 0.360 e. The van der Waals surface area contributed by atoms with Crippen LogP contribution in [0, 0.1) is 5.82 Å². The first kappa shape index (κ1) is 16.1. The lowest BCUT2D eigenvalue weighted by Gasteiger charge is -2.15. The van der Waals surface area contributed by atoms with Crippen molar-refractivity contribution in [1.29, 1.82) is 0 Å². The van der Waals surface area contributed by atoms with Crippen LogP contribution in [0.15, 0.2) is 48.7 Å². The van der Waals surface area contributed by atoms with Crippen molar-refractivity contribution in [3.8, 4) is 5.69 Å². The molecule has 2 aromatic carbocycles. The number of hydrogen-bond acceptors (Lipinski definition) is 2. The maximum atomic E-state index is 13.1. The van der Waals surface area contributed by atoms with Gasteiger partial charge in [-0.25, -0.2) is 9.07 Å². The Labute approximate surface area is 140 Å². The Balaban J connectivity index is 1.64. The first-order chi connectivity index (χ1) is 11.9. The molecule has 0 radical (unpaired) electrons. The number of fused-ring (bicyclic) bond motifs is 1. The summed E-state index contributed by atoms with van der Waals surface area (Å²) in [6, 6.07) is 11.3. The lowest BCUT2D eigenvalue weighted by atomic mass is 9.98. The van der Waals surface area contributed by atoms with Gasteiger partial charge in [0.25, 0.3) is 0 Å². The molecular formula is C18H14F4N2O. The number of aryl methyl sites for hydroxylation is 1. The molecule has 0 bridgehead atoms. The van der Waals surface area contributed by atoms with Gasteiger partial charge < -0.3 is 4.74 Å². The van der Waals surface area contributed by atoms with Gasteiger partial charge in [0.2, 0.25) is 0 Å². The summed E-state index contributed by atoms with van der Waals surface area (Å²) < 4.78 is 58.4. The molecule has 1 atom stereocenters. The number of epoxide rings is 1. The van der Waals surface area contributed by atoms with Crippen LogP contribution in [0.1, 0.15) is 12.0 Å². The van der Waals surface area contributed by atoms with Crippen LogP contribution in [-0.2, 0) is 11.2 Å². The van der Waals surface area contributed by atoms with E-state index in [4.69, 9.17) is 4.74 Å². The van der Waals surface area contributed by atoms with Crippen molar-refractivity contribution in [2.45, 2.75) is 24.6 Å². The van der Waals surface area contributed by atoms with Crippen molar-refractivity contribution < 1.29 is 22.3 Å². The standard InChI is InChI=1S/C18H14F4N2O/c19-13-4-6-14(7-5-13)24-16-3-1-2-12(15(16)10-23-24)8-9-17(11-25-17)18(20,21)22/h1-7,10H,8-9,11H2. The molecule has 2 heterocycles. The molecule has 25 heavy (non-hydrogen) atoms. The molecule has 1 saturated heterocycles. The topological polar surface area (TPSA) is 30.4 Å². The fourth-order valence-electron chi connectivity index (χ4n) is 2.99. The number of alkyl halides is 3. The highest BCUT2D eigenvalue weighted by Crippen LogP contribution is 2.47. The Morgan fingerprint density at radius 2 is 1.84 bits per heavy atom. The van der Waals surface area contributed by atoms with Gasteiger partial charge in [-0.1, -0.05) is 12.1 Å². The molecule has 3 nitrogen and oxygen atoms in total. The van der Waals surface area contributed by atoms with E-state index in [-0.39, 0.29) is 25.3 Å². The predicted molar refractivity (Wildman–Crippen MR) is 84.1 cm³/mol. The van der Waals surface area contributed by atoms with Crippen LogP contribution in [0.3, 0.4) is 0 Å². The minimum Gasteiger partial charge on any atom is -0.360 e. The number of rotatable bonds is 4. The fourth-order valence-corrected chi connectivity index (χ4v) is 2.99. The van der Waals surface area contributed by atoms with E-state index < -0.39 is 11.8 Å². The Hall–Kier alpha value is -2.41. The number of aromatic nitrogens is 2. The van der Waals surface area contributed by atoms with Crippen LogP contribution in [0.5, 0.6) is 0 Å². The molecule has 0 saturated carbocycles. The van der Waals surface area contributed by atoms with Gasteiger partial charge >= 0.3 is 6.18 Å². The lowest BCUT2D eigenvalue weighted by Crippen LogP contribution is -2.33. The number of hydrogen-bond donors (Lipinski definition) is 0. The van der Waals surface area contributed by atoms with E-state index >= 15 is 0 Å². The summed E-state index contributed by atoms with van der Waals surface area (Å²) in [4.78, 5) is 0. The highest BCUT2D eigenvalue weighted by molar-refractivity contribution is 5.83. The van der Waals surface area contributed by atoms with E-state index in [0.29, 0.717) is 5.69 Å². The number of benzene rings is 2. The molecule has 3 aromatic rings. The fraction of sp³-hybridized carbons (Fsp3) is 0.278. The summed E-state index contributed by atoms with van der Waals surface area (Å²) >= 11 is 0. The zero-order valence-corrected chi connectivity index (χ0v) is 13.1. The molecule has 0 spiro atoms. The quantitative estimate of drug-likeness (QED) is 0.515. The molecule has 4 rings (SSSR count). The third-order valence-corrected chi connectivity index (χ3v) is 4.58. The number of nitrogens with zero attached hydrogens (tertiary/aromatic N) is 2. The van der Waals surface area contributed by atoms with E-state index in [9.17, 15) is 17.6 Å². The van der Waals surface area contributed by atoms with E-state index in [1.807, 2.05) is 6.07 Å². The van der Waals surface area contributed by atoms with Crippen molar-refractivity contribution in [2.75, 3.05) is 6.61 Å². The Morgan fingerprint density at radius 3 is 2.48 bits per heavy atom. The van der Waals surface area contributed by atoms with Crippen LogP contribution >= 0.6 is 0 Å². The van der Waals surface area contributed by atoms with Gasteiger partial charge in [0.05, 0.1) is 24.0 Å². The monoisotopic (exact) mass is 350 g/mol. The van der Waals surface area contributed by atoms with E-state index in [1.54, 1.807) is 35.1 Å². The molecular weight excluding hydrogens is 336 g/mol. The van der Waals surface area contributed by atoms with Gasteiger partial charge in [0.15, 0.2) is 5.60 Å². The summed E-state index contributed by atoms with van der Waals surface area (Å²) in [5.41, 5.74) is 0.236. The Kier molecular flexibility index (Phi) is 3.57. The normalized spacial score (nSPS) is 20.2. The third-order valence-electron chi connectivity index (χ3n) is 4.58. The average molecular weight is 350 g/mol. The molecule has 0 N–H and O–H groups in total. The van der Waals surface area contributed by atoms with Gasteiger partial charge in [-0.3, -0.25) is 0 Å². The maximum Gasteiger partial charge on any atom is 0.419 e. The van der Waals surface area contributed by atoms with Gasteiger partial charge in [0, 0.05) is 5.39 Å². The second-order valence-electron chi connectivity index (χ2n) is 6.16. The summed E-state index contributed by atoms with van der Waals surface area (Å²) in [5, 5.41) is 5.09. The van der Waals surface area contributed by atoms with Gasteiger partial charge in [0.1, 0.15) is 5.82 Å². The summed E-state index contributed by atoms with van der Waals surface area (Å²) in [6.07, 6.45) is -2.59. The first-order valence-corrected chi connectivity index (χ1v) is 7.82. The number of halogens is 4. The molecule has 1 aliphatic heterocycles. The third kappa shape index (κ3) is 2.78. The average Bonchev–Trinajstić information content (AvgIpc) is 3.26. The predicted octanol–water partition coefficient (Wildman–Crippen LogP) is 4.43. The molecule has 1 aliphatic rings. The molecule has 1 fully saturated rings. The van der Waals surface area contributed by atoms with Crippen LogP contribution in [-0.4, -0.2) is 28.2 Å². The van der Waals surface area contributed by atoms with Crippen molar-refractivity contribution >= 4 is 10.9 Å². The Bertz CT molecular complexity index is 911. The first-order valence-electron chi connectivity index (χ1n) is 7.82. The van der Waals surface area contributed by atoms with E-state index in [1.165, 1.54) is 12.1 Å². The van der Waals surface area contributed by atoms with Crippen molar-refractivity contribution in [2.24, 2.45) is 0 Å². The molecule has 130 valence electrons. The van der Waals surface area contributed by atoms with Gasteiger partial charge in [-0.05, 0) is 48.7 Å². The maximum absolute atomic E-state index is 13.1. The molecule has 1 unspecified atom stereocenters. The number of ether oxygens (including phenoxy) is 1. The summed E-state index contributed by atoms with van der Waals surface area (Å²) in [6.45, 7) is -0.276. The molecule has 7 heteroatoms. The van der Waals surface area contributed by atoms with Crippen LogP contribution < -0.4 is 0 Å².